The van der Waals surface area contributed by atoms with E-state index < -0.39 is 0 Å². The number of aryl methyl sites for hydroxylation is 2. The molecule has 0 aliphatic rings. The van der Waals surface area contributed by atoms with Gasteiger partial charge in [0.15, 0.2) is 6.19 Å². The molecule has 4 heteroatoms. The zero-order chi connectivity index (χ0) is 13.1. The maximum absolute atomic E-state index is 12.3. The molecular formula is C14H12N2OS. The monoisotopic (exact) mass is 256 g/mol. The molecule has 0 aliphatic heterocycles. The van der Waals surface area contributed by atoms with Crippen LogP contribution in [-0.2, 0) is 0 Å². The maximum Gasteiger partial charge on any atom is 0.281 e. The molecule has 0 bridgehead atoms. The van der Waals surface area contributed by atoms with Crippen LogP contribution in [-0.4, -0.2) is 5.91 Å². The summed E-state index contributed by atoms with van der Waals surface area (Å²) < 4.78 is 0. The summed E-state index contributed by atoms with van der Waals surface area (Å²) in [5.74, 6) is -0.273. The summed E-state index contributed by atoms with van der Waals surface area (Å²) >= 11 is 1.34. The zero-order valence-corrected chi connectivity index (χ0v) is 11.0. The number of rotatable bonds is 2. The van der Waals surface area contributed by atoms with Gasteiger partial charge in [-0.25, -0.2) is 4.90 Å². The Bertz CT molecular complexity index is 591. The number of carbonyl (C=O) groups is 1. The fraction of sp³-hybridized carbons (Fsp3) is 0.143. The number of amides is 1. The van der Waals surface area contributed by atoms with Crippen molar-refractivity contribution in [2.75, 3.05) is 4.90 Å². The number of anilines is 1. The quantitative estimate of drug-likeness (QED) is 0.609. The molecule has 0 atom stereocenters. The van der Waals surface area contributed by atoms with Crippen LogP contribution in [0.5, 0.6) is 0 Å². The van der Waals surface area contributed by atoms with E-state index in [9.17, 15) is 10.1 Å². The molecule has 0 N–H and O–H groups in total. The number of nitriles is 1. The van der Waals surface area contributed by atoms with E-state index in [0.717, 1.165) is 16.0 Å². The van der Waals surface area contributed by atoms with E-state index in [1.165, 1.54) is 11.3 Å². The standard InChI is InChI=1S/C14H12N2OS/c1-10-5-3-6-11(2)13(10)16(9-15)14(17)12-7-4-8-18-12/h3-8H,1-2H3. The normalized spacial score (nSPS) is 9.83. The molecule has 3 nitrogen and oxygen atoms in total. The van der Waals surface area contributed by atoms with Gasteiger partial charge in [-0.1, -0.05) is 24.3 Å². The van der Waals surface area contributed by atoms with Gasteiger partial charge in [0, 0.05) is 0 Å². The molecule has 0 radical (unpaired) electrons. The van der Waals surface area contributed by atoms with Gasteiger partial charge in [0.05, 0.1) is 10.6 Å². The Morgan fingerprint density at radius 2 is 1.89 bits per heavy atom. The minimum atomic E-state index is -0.273. The fourth-order valence-electron chi connectivity index (χ4n) is 1.87. The minimum absolute atomic E-state index is 0.273. The van der Waals surface area contributed by atoms with Gasteiger partial charge in [0.25, 0.3) is 5.91 Å². The Balaban J connectivity index is 2.47. The van der Waals surface area contributed by atoms with E-state index >= 15 is 0 Å². The summed E-state index contributed by atoms with van der Waals surface area (Å²) in [5, 5.41) is 11.1. The van der Waals surface area contributed by atoms with Crippen LogP contribution >= 0.6 is 11.3 Å². The van der Waals surface area contributed by atoms with Crippen molar-refractivity contribution in [3.63, 3.8) is 0 Å². The first-order chi connectivity index (χ1) is 8.65. The first-order valence-electron chi connectivity index (χ1n) is 5.49. The molecule has 0 fully saturated rings. The largest absolute Gasteiger partial charge is 0.281 e. The third-order valence-corrected chi connectivity index (χ3v) is 3.56. The lowest BCUT2D eigenvalue weighted by Crippen LogP contribution is -2.26. The molecule has 1 aromatic heterocycles. The van der Waals surface area contributed by atoms with Crippen molar-refractivity contribution in [3.8, 4) is 6.19 Å². The van der Waals surface area contributed by atoms with E-state index in [0.29, 0.717) is 10.6 Å². The Kier molecular flexibility index (Phi) is 3.45. The summed E-state index contributed by atoms with van der Waals surface area (Å²) in [7, 11) is 0. The Labute approximate surface area is 110 Å². The van der Waals surface area contributed by atoms with Crippen LogP contribution in [0.2, 0.25) is 0 Å². The number of hydrogen-bond donors (Lipinski definition) is 0. The highest BCUT2D eigenvalue weighted by atomic mass is 32.1. The number of thiophene rings is 1. The van der Waals surface area contributed by atoms with Crippen molar-refractivity contribution in [1.29, 1.82) is 5.26 Å². The number of nitrogens with zero attached hydrogens (tertiary/aromatic N) is 2. The van der Waals surface area contributed by atoms with Gasteiger partial charge in [-0.15, -0.1) is 11.3 Å². The minimum Gasteiger partial charge on any atom is -0.267 e. The highest BCUT2D eigenvalue weighted by Crippen LogP contribution is 2.26. The lowest BCUT2D eigenvalue weighted by molar-refractivity contribution is 0.100. The van der Waals surface area contributed by atoms with Crippen LogP contribution < -0.4 is 4.90 Å². The molecule has 0 saturated carbocycles. The SMILES string of the molecule is Cc1cccc(C)c1N(C#N)C(=O)c1cccs1. The molecule has 1 aromatic carbocycles. The zero-order valence-electron chi connectivity index (χ0n) is 10.2. The van der Waals surface area contributed by atoms with Crippen LogP contribution in [0, 0.1) is 25.3 Å². The number of benzene rings is 1. The van der Waals surface area contributed by atoms with E-state index in [4.69, 9.17) is 0 Å². The van der Waals surface area contributed by atoms with Crippen molar-refractivity contribution in [1.82, 2.24) is 0 Å². The predicted octanol–water partition coefficient (Wildman–Crippen LogP) is 3.49. The molecule has 2 aromatic rings. The maximum atomic E-state index is 12.3. The fourth-order valence-corrected chi connectivity index (χ4v) is 2.52. The first kappa shape index (κ1) is 12.3. The van der Waals surface area contributed by atoms with Crippen LogP contribution in [0.4, 0.5) is 5.69 Å². The van der Waals surface area contributed by atoms with Gasteiger partial charge < -0.3 is 0 Å². The van der Waals surface area contributed by atoms with Gasteiger partial charge in [0.2, 0.25) is 0 Å². The average molecular weight is 256 g/mol. The van der Waals surface area contributed by atoms with E-state index in [1.54, 1.807) is 12.1 Å². The molecule has 0 spiro atoms. The molecule has 18 heavy (non-hydrogen) atoms. The van der Waals surface area contributed by atoms with Crippen molar-refractivity contribution in [2.24, 2.45) is 0 Å². The molecule has 1 amide bonds. The summed E-state index contributed by atoms with van der Waals surface area (Å²) in [6.07, 6.45) is 1.98. The molecule has 0 aliphatic carbocycles. The third-order valence-electron chi connectivity index (χ3n) is 2.70. The predicted molar refractivity (Wildman–Crippen MR) is 72.7 cm³/mol. The second-order valence-corrected chi connectivity index (χ2v) is 4.91. The van der Waals surface area contributed by atoms with Crippen molar-refractivity contribution in [3.05, 3.63) is 51.7 Å². The van der Waals surface area contributed by atoms with Gasteiger partial charge >= 0.3 is 0 Å². The topological polar surface area (TPSA) is 44.1 Å². The summed E-state index contributed by atoms with van der Waals surface area (Å²) in [6, 6.07) is 9.24. The average Bonchev–Trinajstić information content (AvgIpc) is 2.87. The lowest BCUT2D eigenvalue weighted by atomic mass is 10.1. The molecule has 1 heterocycles. The smallest absolute Gasteiger partial charge is 0.267 e. The Morgan fingerprint density at radius 3 is 2.39 bits per heavy atom. The number of hydrogen-bond acceptors (Lipinski definition) is 3. The van der Waals surface area contributed by atoms with Crippen molar-refractivity contribution in [2.45, 2.75) is 13.8 Å². The van der Waals surface area contributed by atoms with Crippen molar-refractivity contribution < 1.29 is 4.79 Å². The molecule has 0 unspecified atom stereocenters. The molecular weight excluding hydrogens is 244 g/mol. The van der Waals surface area contributed by atoms with Gasteiger partial charge in [0.1, 0.15) is 0 Å². The second kappa shape index (κ2) is 5.03. The van der Waals surface area contributed by atoms with Crippen molar-refractivity contribution >= 4 is 22.9 Å². The number of para-hydroxylation sites is 1. The Hall–Kier alpha value is -2.12. The molecule has 90 valence electrons. The van der Waals surface area contributed by atoms with Gasteiger partial charge in [-0.3, -0.25) is 4.79 Å². The van der Waals surface area contributed by atoms with Gasteiger partial charge in [-0.2, -0.15) is 5.26 Å². The highest BCUT2D eigenvalue weighted by Gasteiger charge is 2.21. The highest BCUT2D eigenvalue weighted by molar-refractivity contribution is 7.12. The van der Waals surface area contributed by atoms with Gasteiger partial charge in [-0.05, 0) is 36.4 Å². The Morgan fingerprint density at radius 1 is 1.22 bits per heavy atom. The van der Waals surface area contributed by atoms with E-state index in [2.05, 4.69) is 0 Å². The van der Waals surface area contributed by atoms with Crippen LogP contribution in [0.3, 0.4) is 0 Å². The molecule has 2 rings (SSSR count). The third kappa shape index (κ3) is 2.13. The molecule has 0 saturated heterocycles. The summed E-state index contributed by atoms with van der Waals surface area (Å²) in [6.45, 7) is 3.79. The van der Waals surface area contributed by atoms with Crippen LogP contribution in [0.15, 0.2) is 35.7 Å². The lowest BCUT2D eigenvalue weighted by Gasteiger charge is -2.17. The van der Waals surface area contributed by atoms with Crippen LogP contribution in [0.25, 0.3) is 0 Å². The van der Waals surface area contributed by atoms with Crippen LogP contribution in [0.1, 0.15) is 20.8 Å². The van der Waals surface area contributed by atoms with E-state index in [1.807, 2.05) is 43.6 Å². The second-order valence-electron chi connectivity index (χ2n) is 3.96. The van der Waals surface area contributed by atoms with E-state index in [-0.39, 0.29) is 5.91 Å². The summed E-state index contributed by atoms with van der Waals surface area (Å²) in [5.41, 5.74) is 2.52. The first-order valence-corrected chi connectivity index (χ1v) is 6.37. The number of carbonyl (C=O) groups excluding carboxylic acids is 1. The summed E-state index contributed by atoms with van der Waals surface area (Å²) in [4.78, 5) is 14.0.